The molecule has 1 aliphatic rings. The van der Waals surface area contributed by atoms with Crippen molar-refractivity contribution in [1.82, 2.24) is 0 Å². The summed E-state index contributed by atoms with van der Waals surface area (Å²) in [5.41, 5.74) is 3.23. The summed E-state index contributed by atoms with van der Waals surface area (Å²) in [6.45, 7) is 2.29. The predicted molar refractivity (Wildman–Crippen MR) is 140 cm³/mol. The quantitative estimate of drug-likeness (QED) is 0.250. The summed E-state index contributed by atoms with van der Waals surface area (Å²) in [5, 5.41) is 1.81. The number of anilines is 1. The molecule has 9 heteroatoms. The Hall–Kier alpha value is -3.95. The highest BCUT2D eigenvalue weighted by atomic mass is 32.2. The molecule has 1 aliphatic heterocycles. The number of amidine groups is 1. The third-order valence-electron chi connectivity index (χ3n) is 5.71. The number of thiophene rings is 1. The number of aryl methyl sites for hydroxylation is 1. The van der Waals surface area contributed by atoms with Crippen LogP contribution in [-0.4, -0.2) is 27.3 Å². The van der Waals surface area contributed by atoms with Crippen molar-refractivity contribution in [2.45, 2.75) is 18.4 Å². The maximum atomic E-state index is 12.8. The highest BCUT2D eigenvalue weighted by Gasteiger charge is 2.32. The molecule has 3 aromatic carbocycles. The summed E-state index contributed by atoms with van der Waals surface area (Å²) in [4.78, 5) is 15.0. The fourth-order valence-electron chi connectivity index (χ4n) is 3.92. The van der Waals surface area contributed by atoms with Gasteiger partial charge in [-0.2, -0.15) is 8.42 Å². The predicted octanol–water partition coefficient (Wildman–Crippen LogP) is 5.44. The van der Waals surface area contributed by atoms with E-state index in [9.17, 15) is 13.2 Å². The van der Waals surface area contributed by atoms with Crippen molar-refractivity contribution in [2.24, 2.45) is 4.40 Å². The van der Waals surface area contributed by atoms with Crippen LogP contribution >= 0.6 is 11.3 Å². The standard InChI is InChI=1S/C27H22N2O5S2/c1-18-9-12-20(13-10-18)29(26-21-6-3-4-8-25(21)36(31,32)28-26)17-19-11-14-22(23(16-19)33-2)34-27(30)24-7-5-15-35-24/h3-16H,17H2,1-2H3. The lowest BCUT2D eigenvalue weighted by molar-refractivity contribution is 0.0734. The first-order valence-electron chi connectivity index (χ1n) is 11.1. The fourth-order valence-corrected chi connectivity index (χ4v) is 5.73. The van der Waals surface area contributed by atoms with Crippen molar-refractivity contribution in [2.75, 3.05) is 12.0 Å². The summed E-state index contributed by atoms with van der Waals surface area (Å²) in [6.07, 6.45) is 0. The average molecular weight is 519 g/mol. The first kappa shape index (κ1) is 23.8. The highest BCUT2D eigenvalue weighted by molar-refractivity contribution is 7.90. The van der Waals surface area contributed by atoms with Gasteiger partial charge in [0.15, 0.2) is 17.3 Å². The number of carbonyl (C=O) groups excluding carboxylic acids is 1. The molecule has 0 spiro atoms. The molecule has 0 saturated heterocycles. The van der Waals surface area contributed by atoms with Gasteiger partial charge in [0, 0.05) is 17.8 Å². The number of rotatable bonds is 6. The Balaban J connectivity index is 1.51. The molecular formula is C27H22N2O5S2. The van der Waals surface area contributed by atoms with E-state index in [4.69, 9.17) is 9.47 Å². The number of methoxy groups -OCH3 is 1. The highest BCUT2D eigenvalue weighted by Crippen LogP contribution is 2.33. The van der Waals surface area contributed by atoms with Gasteiger partial charge in [0.1, 0.15) is 9.77 Å². The molecule has 0 N–H and O–H groups in total. The Labute approximate surface area is 213 Å². The number of hydrogen-bond acceptors (Lipinski definition) is 7. The molecule has 0 bridgehead atoms. The third-order valence-corrected chi connectivity index (χ3v) is 7.88. The molecule has 0 fully saturated rings. The van der Waals surface area contributed by atoms with Crippen LogP contribution in [0.1, 0.15) is 26.4 Å². The zero-order chi connectivity index (χ0) is 25.3. The number of esters is 1. The molecule has 0 amide bonds. The summed E-state index contributed by atoms with van der Waals surface area (Å²) >= 11 is 1.30. The van der Waals surface area contributed by atoms with Gasteiger partial charge in [-0.25, -0.2) is 4.79 Å². The van der Waals surface area contributed by atoms with Crippen LogP contribution in [0.5, 0.6) is 11.5 Å². The lowest BCUT2D eigenvalue weighted by Gasteiger charge is -2.25. The third kappa shape index (κ3) is 4.62. The molecule has 5 rings (SSSR count). The molecule has 4 aromatic rings. The molecule has 0 radical (unpaired) electrons. The monoisotopic (exact) mass is 518 g/mol. The minimum atomic E-state index is -3.80. The van der Waals surface area contributed by atoms with Crippen LogP contribution in [0, 0.1) is 6.92 Å². The maximum absolute atomic E-state index is 12.8. The van der Waals surface area contributed by atoms with E-state index in [1.807, 2.05) is 42.2 Å². The Kier molecular flexibility index (Phi) is 6.34. The second kappa shape index (κ2) is 9.60. The second-order valence-electron chi connectivity index (χ2n) is 8.16. The van der Waals surface area contributed by atoms with E-state index in [1.165, 1.54) is 18.4 Å². The van der Waals surface area contributed by atoms with E-state index in [-0.39, 0.29) is 4.90 Å². The van der Waals surface area contributed by atoms with Crippen molar-refractivity contribution in [3.05, 3.63) is 106 Å². The Bertz CT molecular complexity index is 1560. The number of sulfonamides is 1. The summed E-state index contributed by atoms with van der Waals surface area (Å²) in [5.74, 6) is 0.580. The van der Waals surface area contributed by atoms with Gasteiger partial charge in [-0.05, 0) is 60.3 Å². The summed E-state index contributed by atoms with van der Waals surface area (Å²) in [7, 11) is -2.29. The Morgan fingerprint density at radius 1 is 0.972 bits per heavy atom. The summed E-state index contributed by atoms with van der Waals surface area (Å²) < 4.78 is 40.7. The Morgan fingerprint density at radius 2 is 1.75 bits per heavy atom. The number of nitrogens with zero attached hydrogens (tertiary/aromatic N) is 2. The lowest BCUT2D eigenvalue weighted by Crippen LogP contribution is -2.30. The molecule has 1 aromatic heterocycles. The van der Waals surface area contributed by atoms with Crippen LogP contribution < -0.4 is 14.4 Å². The zero-order valence-electron chi connectivity index (χ0n) is 19.5. The minimum Gasteiger partial charge on any atom is -0.493 e. The van der Waals surface area contributed by atoms with Crippen molar-refractivity contribution < 1.29 is 22.7 Å². The van der Waals surface area contributed by atoms with Gasteiger partial charge in [-0.1, -0.05) is 42.0 Å². The van der Waals surface area contributed by atoms with Gasteiger partial charge in [0.25, 0.3) is 10.0 Å². The smallest absolute Gasteiger partial charge is 0.353 e. The summed E-state index contributed by atoms with van der Waals surface area (Å²) in [6, 6.07) is 23.3. The van der Waals surface area contributed by atoms with E-state index in [2.05, 4.69) is 4.40 Å². The van der Waals surface area contributed by atoms with Crippen molar-refractivity contribution in [3.63, 3.8) is 0 Å². The number of fused-ring (bicyclic) bond motifs is 1. The van der Waals surface area contributed by atoms with Gasteiger partial charge in [-0.3, -0.25) is 0 Å². The molecule has 7 nitrogen and oxygen atoms in total. The van der Waals surface area contributed by atoms with Gasteiger partial charge >= 0.3 is 5.97 Å². The molecular weight excluding hydrogens is 496 g/mol. The molecule has 0 saturated carbocycles. The first-order chi connectivity index (χ1) is 17.4. The van der Waals surface area contributed by atoms with E-state index >= 15 is 0 Å². The van der Waals surface area contributed by atoms with Crippen LogP contribution in [-0.2, 0) is 16.6 Å². The fraction of sp³-hybridized carbons (Fsp3) is 0.111. The van der Waals surface area contributed by atoms with E-state index in [0.29, 0.717) is 34.3 Å². The van der Waals surface area contributed by atoms with E-state index in [1.54, 1.807) is 53.9 Å². The lowest BCUT2D eigenvalue weighted by atomic mass is 10.1. The number of carbonyl (C=O) groups is 1. The first-order valence-corrected chi connectivity index (χ1v) is 13.4. The van der Waals surface area contributed by atoms with Gasteiger partial charge in [0.2, 0.25) is 0 Å². The molecule has 0 aliphatic carbocycles. The van der Waals surface area contributed by atoms with Crippen molar-refractivity contribution in [1.29, 1.82) is 0 Å². The largest absolute Gasteiger partial charge is 0.493 e. The van der Waals surface area contributed by atoms with Crippen LogP contribution in [0.4, 0.5) is 5.69 Å². The molecule has 182 valence electrons. The molecule has 0 unspecified atom stereocenters. The normalized spacial score (nSPS) is 13.6. The number of ether oxygens (including phenoxy) is 2. The minimum absolute atomic E-state index is 0.186. The number of benzene rings is 3. The van der Waals surface area contributed by atoms with E-state index < -0.39 is 16.0 Å². The van der Waals surface area contributed by atoms with Gasteiger partial charge in [-0.15, -0.1) is 15.7 Å². The number of hydrogen-bond donors (Lipinski definition) is 0. The molecule has 0 atom stereocenters. The molecule has 36 heavy (non-hydrogen) atoms. The second-order valence-corrected chi connectivity index (χ2v) is 10.7. The van der Waals surface area contributed by atoms with Crippen molar-refractivity contribution in [3.8, 4) is 11.5 Å². The van der Waals surface area contributed by atoms with Gasteiger partial charge < -0.3 is 14.4 Å². The van der Waals surface area contributed by atoms with E-state index in [0.717, 1.165) is 16.8 Å². The zero-order valence-corrected chi connectivity index (χ0v) is 21.2. The van der Waals surface area contributed by atoms with Crippen LogP contribution in [0.25, 0.3) is 0 Å². The topological polar surface area (TPSA) is 85.3 Å². The van der Waals surface area contributed by atoms with Gasteiger partial charge in [0.05, 0.1) is 7.11 Å². The molecule has 2 heterocycles. The Morgan fingerprint density at radius 3 is 2.47 bits per heavy atom. The maximum Gasteiger partial charge on any atom is 0.353 e. The van der Waals surface area contributed by atoms with Crippen LogP contribution in [0.15, 0.2) is 93.5 Å². The average Bonchev–Trinajstić information content (AvgIpc) is 3.51. The SMILES string of the molecule is COc1cc(CN(C2=NS(=O)(=O)c3ccccc32)c2ccc(C)cc2)ccc1OC(=O)c1cccs1. The van der Waals surface area contributed by atoms with Crippen LogP contribution in [0.2, 0.25) is 0 Å². The van der Waals surface area contributed by atoms with Crippen molar-refractivity contribution >= 4 is 38.9 Å². The van der Waals surface area contributed by atoms with Crippen LogP contribution in [0.3, 0.4) is 0 Å².